The molecule has 0 saturated heterocycles. The van der Waals surface area contributed by atoms with Crippen LogP contribution in [-0.2, 0) is 4.79 Å². The van der Waals surface area contributed by atoms with Crippen molar-refractivity contribution in [2.45, 2.75) is 0 Å². The van der Waals surface area contributed by atoms with E-state index in [1.807, 2.05) is 0 Å². The summed E-state index contributed by atoms with van der Waals surface area (Å²) in [5, 5.41) is 10.5. The summed E-state index contributed by atoms with van der Waals surface area (Å²) in [6.07, 6.45) is 0. The summed E-state index contributed by atoms with van der Waals surface area (Å²) in [7, 11) is 1.34. The predicted molar refractivity (Wildman–Crippen MR) is 52.0 cm³/mol. The molecule has 0 aliphatic carbocycles. The lowest BCUT2D eigenvalue weighted by molar-refractivity contribution is -0.387. The lowest BCUT2D eigenvalue weighted by Gasteiger charge is -2.25. The van der Waals surface area contributed by atoms with Crippen LogP contribution in [0.4, 0.5) is 15.8 Å². The summed E-state index contributed by atoms with van der Waals surface area (Å²) in [5.41, 5.74) is -0.866. The number of likely N-dealkylation sites (N-methyl/N-ethyl adjacent to an activating group) is 1. The molecule has 0 aromatic heterocycles. The van der Waals surface area contributed by atoms with Crippen molar-refractivity contribution in [2.75, 3.05) is 18.6 Å². The Labute approximate surface area is 89.4 Å². The summed E-state index contributed by atoms with van der Waals surface area (Å²) >= 11 is 0. The van der Waals surface area contributed by atoms with E-state index in [4.69, 9.17) is 4.74 Å². The second kappa shape index (κ2) is 3.44. The molecular weight excluding hydrogens is 219 g/mol. The number of hydrogen-bond acceptors (Lipinski definition) is 4. The van der Waals surface area contributed by atoms with Gasteiger partial charge in [0.25, 0.3) is 5.91 Å². The molecule has 16 heavy (non-hydrogen) atoms. The summed E-state index contributed by atoms with van der Waals surface area (Å²) in [6, 6.07) is 2.29. The van der Waals surface area contributed by atoms with E-state index in [-0.39, 0.29) is 18.0 Å². The molecule has 0 N–H and O–H groups in total. The van der Waals surface area contributed by atoms with Gasteiger partial charge in [-0.2, -0.15) is 4.39 Å². The highest BCUT2D eigenvalue weighted by Gasteiger charge is 2.30. The third kappa shape index (κ3) is 1.37. The molecule has 0 fully saturated rings. The molecule has 1 aromatic rings. The van der Waals surface area contributed by atoms with E-state index < -0.39 is 22.3 Å². The lowest BCUT2D eigenvalue weighted by Crippen LogP contribution is -2.36. The summed E-state index contributed by atoms with van der Waals surface area (Å²) in [4.78, 5) is 21.9. The van der Waals surface area contributed by atoms with Crippen LogP contribution in [0.5, 0.6) is 5.75 Å². The molecule has 6 nitrogen and oxygen atoms in total. The summed E-state index contributed by atoms with van der Waals surface area (Å²) in [5.74, 6) is -1.38. The van der Waals surface area contributed by atoms with Gasteiger partial charge in [0.2, 0.25) is 5.82 Å². The van der Waals surface area contributed by atoms with Crippen molar-refractivity contribution < 1.29 is 18.8 Å². The number of fused-ring (bicyclic) bond motifs is 1. The normalized spacial score (nSPS) is 14.4. The molecule has 1 aliphatic rings. The molecular formula is C9H7FN2O4. The minimum Gasteiger partial charge on any atom is -0.481 e. The van der Waals surface area contributed by atoms with Crippen LogP contribution in [0, 0.1) is 15.9 Å². The third-order valence-electron chi connectivity index (χ3n) is 2.32. The summed E-state index contributed by atoms with van der Waals surface area (Å²) in [6.45, 7) is -0.194. The maximum atomic E-state index is 13.7. The van der Waals surface area contributed by atoms with Gasteiger partial charge in [0, 0.05) is 13.1 Å². The first-order valence-electron chi connectivity index (χ1n) is 4.38. The Morgan fingerprint density at radius 1 is 1.56 bits per heavy atom. The number of halogens is 1. The van der Waals surface area contributed by atoms with Crippen molar-refractivity contribution >= 4 is 17.3 Å². The summed E-state index contributed by atoms with van der Waals surface area (Å²) < 4.78 is 18.7. The largest absolute Gasteiger partial charge is 0.481 e. The van der Waals surface area contributed by atoms with Gasteiger partial charge in [-0.05, 0) is 6.07 Å². The minimum absolute atomic E-state index is 0.130. The van der Waals surface area contributed by atoms with E-state index in [0.29, 0.717) is 0 Å². The number of anilines is 1. The molecule has 1 amide bonds. The molecule has 0 radical (unpaired) electrons. The SMILES string of the molecule is CN1C(=O)COc2ccc([N+](=O)[O-])c(F)c21. The number of hydrogen-bond donors (Lipinski definition) is 0. The van der Waals surface area contributed by atoms with E-state index in [0.717, 1.165) is 11.0 Å². The van der Waals surface area contributed by atoms with E-state index in [2.05, 4.69) is 0 Å². The molecule has 84 valence electrons. The monoisotopic (exact) mass is 226 g/mol. The van der Waals surface area contributed by atoms with Crippen LogP contribution >= 0.6 is 0 Å². The van der Waals surface area contributed by atoms with Crippen LogP contribution in [-0.4, -0.2) is 24.5 Å². The maximum Gasteiger partial charge on any atom is 0.307 e. The smallest absolute Gasteiger partial charge is 0.307 e. The third-order valence-corrected chi connectivity index (χ3v) is 2.32. The van der Waals surface area contributed by atoms with Gasteiger partial charge in [-0.3, -0.25) is 14.9 Å². The van der Waals surface area contributed by atoms with Crippen molar-refractivity contribution in [3.8, 4) is 5.75 Å². The first-order valence-corrected chi connectivity index (χ1v) is 4.38. The number of nitrogens with zero attached hydrogens (tertiary/aromatic N) is 2. The van der Waals surface area contributed by atoms with Gasteiger partial charge in [-0.1, -0.05) is 0 Å². The Kier molecular flexibility index (Phi) is 2.22. The zero-order valence-electron chi connectivity index (χ0n) is 8.27. The highest BCUT2D eigenvalue weighted by molar-refractivity contribution is 5.97. The maximum absolute atomic E-state index is 13.7. The number of carbonyl (C=O) groups excluding carboxylic acids is 1. The second-order valence-corrected chi connectivity index (χ2v) is 3.24. The molecule has 1 heterocycles. The van der Waals surface area contributed by atoms with Crippen LogP contribution in [0.1, 0.15) is 0 Å². The van der Waals surface area contributed by atoms with Crippen LogP contribution in [0.25, 0.3) is 0 Å². The first-order chi connectivity index (χ1) is 7.52. The second-order valence-electron chi connectivity index (χ2n) is 3.24. The highest BCUT2D eigenvalue weighted by Crippen LogP contribution is 2.37. The number of nitro groups is 1. The topological polar surface area (TPSA) is 72.7 Å². The molecule has 1 aromatic carbocycles. The van der Waals surface area contributed by atoms with Crippen molar-refractivity contribution in [3.63, 3.8) is 0 Å². The molecule has 0 atom stereocenters. The van der Waals surface area contributed by atoms with Gasteiger partial charge in [0.05, 0.1) is 4.92 Å². The fourth-order valence-electron chi connectivity index (χ4n) is 1.47. The van der Waals surface area contributed by atoms with Crippen molar-refractivity contribution in [1.82, 2.24) is 0 Å². The molecule has 0 saturated carbocycles. The van der Waals surface area contributed by atoms with Crippen LogP contribution in [0.15, 0.2) is 12.1 Å². The van der Waals surface area contributed by atoms with E-state index >= 15 is 0 Å². The fraction of sp³-hybridized carbons (Fsp3) is 0.222. The molecule has 1 aliphatic heterocycles. The van der Waals surface area contributed by atoms with E-state index in [1.165, 1.54) is 13.1 Å². The molecule has 0 bridgehead atoms. The molecule has 7 heteroatoms. The number of rotatable bonds is 1. The Bertz CT molecular complexity index is 489. The van der Waals surface area contributed by atoms with Crippen LogP contribution in [0.3, 0.4) is 0 Å². The van der Waals surface area contributed by atoms with Crippen molar-refractivity contribution in [1.29, 1.82) is 0 Å². The quantitative estimate of drug-likeness (QED) is 0.530. The Morgan fingerprint density at radius 3 is 2.88 bits per heavy atom. The van der Waals surface area contributed by atoms with E-state index in [1.54, 1.807) is 0 Å². The molecule has 0 unspecified atom stereocenters. The average molecular weight is 226 g/mol. The number of amides is 1. The molecule has 2 rings (SSSR count). The number of ether oxygens (including phenoxy) is 1. The predicted octanol–water partition coefficient (Wildman–Crippen LogP) is 1.09. The van der Waals surface area contributed by atoms with Gasteiger partial charge < -0.3 is 9.64 Å². The van der Waals surface area contributed by atoms with Crippen molar-refractivity contribution in [3.05, 3.63) is 28.1 Å². The van der Waals surface area contributed by atoms with Crippen molar-refractivity contribution in [2.24, 2.45) is 0 Å². The molecule has 0 spiro atoms. The Hall–Kier alpha value is -2.18. The van der Waals surface area contributed by atoms with Gasteiger partial charge in [-0.15, -0.1) is 0 Å². The average Bonchev–Trinajstić information content (AvgIpc) is 2.23. The number of benzene rings is 1. The Balaban J connectivity index is 2.63. The van der Waals surface area contributed by atoms with Crippen LogP contribution < -0.4 is 9.64 Å². The highest BCUT2D eigenvalue weighted by atomic mass is 19.1. The zero-order valence-corrected chi connectivity index (χ0v) is 8.27. The van der Waals surface area contributed by atoms with Crippen LogP contribution in [0.2, 0.25) is 0 Å². The van der Waals surface area contributed by atoms with Gasteiger partial charge in [0.15, 0.2) is 6.61 Å². The van der Waals surface area contributed by atoms with Gasteiger partial charge in [0.1, 0.15) is 11.4 Å². The minimum atomic E-state index is -1.06. The van der Waals surface area contributed by atoms with Gasteiger partial charge in [-0.25, -0.2) is 0 Å². The zero-order chi connectivity index (χ0) is 11.9. The lowest BCUT2D eigenvalue weighted by atomic mass is 10.2. The Morgan fingerprint density at radius 2 is 2.25 bits per heavy atom. The number of nitro benzene ring substituents is 1. The first kappa shape index (κ1) is 10.3. The number of carbonyl (C=O) groups is 1. The fourth-order valence-corrected chi connectivity index (χ4v) is 1.47. The standard InChI is InChI=1S/C9H7FN2O4/c1-11-7(13)4-16-6-3-2-5(12(14)15)8(10)9(6)11/h2-3H,4H2,1H3. The van der Waals surface area contributed by atoms with Gasteiger partial charge >= 0.3 is 5.69 Å². The van der Waals surface area contributed by atoms with E-state index in [9.17, 15) is 19.3 Å².